The Labute approximate surface area is 90.3 Å². The van der Waals surface area contributed by atoms with E-state index in [1.165, 1.54) is 5.56 Å². The number of nitrogens with zero attached hydrogens (tertiary/aromatic N) is 1. The highest BCUT2D eigenvalue weighted by Crippen LogP contribution is 2.15. The van der Waals surface area contributed by atoms with Crippen molar-refractivity contribution in [1.29, 1.82) is 0 Å². The molecule has 2 aromatic rings. The first-order chi connectivity index (χ1) is 6.72. The highest BCUT2D eigenvalue weighted by molar-refractivity contribution is 9.08. The summed E-state index contributed by atoms with van der Waals surface area (Å²) in [5.41, 5.74) is 2.19. The van der Waals surface area contributed by atoms with E-state index in [4.69, 9.17) is 0 Å². The number of halogens is 1. The first-order valence-electron chi connectivity index (χ1n) is 4.37. The summed E-state index contributed by atoms with van der Waals surface area (Å²) in [4.78, 5) is 11.4. The van der Waals surface area contributed by atoms with Gasteiger partial charge in [-0.15, -0.1) is 0 Å². The normalized spacial score (nSPS) is 10.7. The Kier molecular flexibility index (Phi) is 2.42. The van der Waals surface area contributed by atoms with E-state index in [9.17, 15) is 4.79 Å². The van der Waals surface area contributed by atoms with E-state index in [2.05, 4.69) is 22.0 Å². The molecule has 0 saturated carbocycles. The average molecular weight is 252 g/mol. The van der Waals surface area contributed by atoms with E-state index in [1.54, 1.807) is 17.7 Å². The Balaban J connectivity index is 2.84. The summed E-state index contributed by atoms with van der Waals surface area (Å²) < 4.78 is 1.67. The number of aromatic nitrogens is 1. The van der Waals surface area contributed by atoms with Gasteiger partial charge < -0.3 is 4.57 Å². The van der Waals surface area contributed by atoms with Crippen LogP contribution in [0.5, 0.6) is 0 Å². The molecule has 0 saturated heterocycles. The van der Waals surface area contributed by atoms with Gasteiger partial charge in [-0.25, -0.2) is 0 Å². The Hall–Kier alpha value is -1.09. The summed E-state index contributed by atoms with van der Waals surface area (Å²) in [7, 11) is 1.79. The number of hydrogen-bond donors (Lipinski definition) is 0. The monoisotopic (exact) mass is 251 g/mol. The molecule has 1 aromatic carbocycles. The van der Waals surface area contributed by atoms with Gasteiger partial charge in [0.2, 0.25) is 0 Å². The average Bonchev–Trinajstić information content (AvgIpc) is 2.23. The highest BCUT2D eigenvalue weighted by atomic mass is 79.9. The lowest BCUT2D eigenvalue weighted by Crippen LogP contribution is -2.14. The number of aryl methyl sites for hydroxylation is 1. The van der Waals surface area contributed by atoms with E-state index in [1.807, 2.05) is 18.2 Å². The summed E-state index contributed by atoms with van der Waals surface area (Å²) >= 11 is 3.40. The summed E-state index contributed by atoms with van der Waals surface area (Å²) in [5.74, 6) is 0. The van der Waals surface area contributed by atoms with E-state index >= 15 is 0 Å². The number of alkyl halides is 1. The van der Waals surface area contributed by atoms with Crippen LogP contribution in [-0.2, 0) is 12.4 Å². The molecule has 0 amide bonds. The molecule has 0 radical (unpaired) electrons. The van der Waals surface area contributed by atoms with Gasteiger partial charge in [-0.3, -0.25) is 4.79 Å². The van der Waals surface area contributed by atoms with Crippen molar-refractivity contribution in [3.8, 4) is 0 Å². The lowest BCUT2D eigenvalue weighted by molar-refractivity contribution is 0.905. The first-order valence-corrected chi connectivity index (χ1v) is 5.49. The lowest BCUT2D eigenvalue weighted by atomic mass is 10.1. The molecule has 0 aliphatic heterocycles. The molecule has 0 bridgehead atoms. The maximum Gasteiger partial charge on any atom is 0.250 e. The zero-order valence-electron chi connectivity index (χ0n) is 7.83. The van der Waals surface area contributed by atoms with Gasteiger partial charge in [0.25, 0.3) is 5.56 Å². The molecule has 14 heavy (non-hydrogen) atoms. The van der Waals surface area contributed by atoms with Crippen LogP contribution in [0.25, 0.3) is 10.9 Å². The number of hydrogen-bond acceptors (Lipinski definition) is 1. The van der Waals surface area contributed by atoms with E-state index < -0.39 is 0 Å². The standard InChI is InChI=1S/C11H10BrNO/c1-13-10-6-8(7-12)2-3-9(10)4-5-11(13)14/h2-6H,7H2,1H3. The molecule has 0 aliphatic rings. The van der Waals surface area contributed by atoms with Gasteiger partial charge in [-0.05, 0) is 23.1 Å². The van der Waals surface area contributed by atoms with Crippen molar-refractivity contribution < 1.29 is 0 Å². The second-order valence-electron chi connectivity index (χ2n) is 3.26. The lowest BCUT2D eigenvalue weighted by Gasteiger charge is -2.05. The second kappa shape index (κ2) is 3.58. The van der Waals surface area contributed by atoms with E-state index in [-0.39, 0.29) is 5.56 Å². The van der Waals surface area contributed by atoms with Gasteiger partial charge in [-0.2, -0.15) is 0 Å². The third kappa shape index (κ3) is 1.48. The topological polar surface area (TPSA) is 22.0 Å². The maximum atomic E-state index is 11.4. The first kappa shape index (κ1) is 9.46. The Morgan fingerprint density at radius 1 is 1.29 bits per heavy atom. The SMILES string of the molecule is Cn1c(=O)ccc2ccc(CBr)cc21. The molecule has 0 aliphatic carbocycles. The molecule has 0 atom stereocenters. The molecule has 1 heterocycles. The van der Waals surface area contributed by atoms with Crippen LogP contribution in [0.1, 0.15) is 5.56 Å². The number of fused-ring (bicyclic) bond motifs is 1. The van der Waals surface area contributed by atoms with Crippen molar-refractivity contribution in [3.63, 3.8) is 0 Å². The Morgan fingerprint density at radius 3 is 2.71 bits per heavy atom. The van der Waals surface area contributed by atoms with Crippen molar-refractivity contribution in [2.45, 2.75) is 5.33 Å². The zero-order valence-corrected chi connectivity index (χ0v) is 9.41. The molecule has 3 heteroatoms. The van der Waals surface area contributed by atoms with Crippen LogP contribution in [0.4, 0.5) is 0 Å². The van der Waals surface area contributed by atoms with Crippen LogP contribution in [0.3, 0.4) is 0 Å². The minimum Gasteiger partial charge on any atom is -0.311 e. The quantitative estimate of drug-likeness (QED) is 0.714. The number of pyridine rings is 1. The van der Waals surface area contributed by atoms with Gasteiger partial charge in [0.05, 0.1) is 5.52 Å². The smallest absolute Gasteiger partial charge is 0.250 e. The fourth-order valence-corrected chi connectivity index (χ4v) is 1.84. The predicted octanol–water partition coefficient (Wildman–Crippen LogP) is 2.43. The maximum absolute atomic E-state index is 11.4. The molecular formula is C11H10BrNO. The van der Waals surface area contributed by atoms with Crippen molar-refractivity contribution >= 4 is 26.8 Å². The minimum atomic E-state index is 0.0317. The van der Waals surface area contributed by atoms with Crippen LogP contribution in [0.2, 0.25) is 0 Å². The zero-order chi connectivity index (χ0) is 10.1. The van der Waals surface area contributed by atoms with E-state index in [0.29, 0.717) is 0 Å². The molecule has 1 aromatic heterocycles. The Morgan fingerprint density at radius 2 is 2.00 bits per heavy atom. The summed E-state index contributed by atoms with van der Waals surface area (Å²) in [5, 5.41) is 1.91. The van der Waals surface area contributed by atoms with Crippen molar-refractivity contribution in [3.05, 3.63) is 46.2 Å². The van der Waals surface area contributed by atoms with Crippen LogP contribution < -0.4 is 5.56 Å². The van der Waals surface area contributed by atoms with Crippen molar-refractivity contribution in [2.24, 2.45) is 7.05 Å². The minimum absolute atomic E-state index is 0.0317. The molecule has 2 rings (SSSR count). The van der Waals surface area contributed by atoms with Gasteiger partial charge in [-0.1, -0.05) is 28.1 Å². The van der Waals surface area contributed by atoms with Crippen molar-refractivity contribution in [1.82, 2.24) is 4.57 Å². The van der Waals surface area contributed by atoms with Gasteiger partial charge in [0, 0.05) is 18.4 Å². The van der Waals surface area contributed by atoms with Crippen LogP contribution in [-0.4, -0.2) is 4.57 Å². The number of rotatable bonds is 1. The largest absolute Gasteiger partial charge is 0.311 e. The highest BCUT2D eigenvalue weighted by Gasteiger charge is 1.99. The predicted molar refractivity (Wildman–Crippen MR) is 61.8 cm³/mol. The van der Waals surface area contributed by atoms with Gasteiger partial charge in [0.15, 0.2) is 0 Å². The van der Waals surface area contributed by atoms with Gasteiger partial charge in [0.1, 0.15) is 0 Å². The molecular weight excluding hydrogens is 242 g/mol. The third-order valence-corrected chi connectivity index (χ3v) is 2.99. The van der Waals surface area contributed by atoms with Crippen molar-refractivity contribution in [2.75, 3.05) is 0 Å². The number of benzene rings is 1. The molecule has 2 nitrogen and oxygen atoms in total. The van der Waals surface area contributed by atoms with E-state index in [0.717, 1.165) is 16.2 Å². The second-order valence-corrected chi connectivity index (χ2v) is 3.82. The molecule has 72 valence electrons. The summed E-state index contributed by atoms with van der Waals surface area (Å²) in [6, 6.07) is 9.57. The molecule has 0 spiro atoms. The molecule has 0 fully saturated rings. The van der Waals surface area contributed by atoms with Gasteiger partial charge >= 0.3 is 0 Å². The third-order valence-electron chi connectivity index (χ3n) is 2.35. The summed E-state index contributed by atoms with van der Waals surface area (Å²) in [6.45, 7) is 0. The van der Waals surface area contributed by atoms with Crippen LogP contribution >= 0.6 is 15.9 Å². The fourth-order valence-electron chi connectivity index (χ4n) is 1.50. The summed E-state index contributed by atoms with van der Waals surface area (Å²) in [6.07, 6.45) is 0. The Bertz CT molecular complexity index is 530. The molecule has 0 N–H and O–H groups in total. The molecule has 0 unspecified atom stereocenters. The van der Waals surface area contributed by atoms with Crippen LogP contribution in [0, 0.1) is 0 Å². The fraction of sp³-hybridized carbons (Fsp3) is 0.182. The van der Waals surface area contributed by atoms with Crippen LogP contribution in [0.15, 0.2) is 35.1 Å².